The second kappa shape index (κ2) is 8.30. The number of aromatic nitrogens is 1. The molecule has 0 bridgehead atoms. The Bertz CT molecular complexity index is 1170. The van der Waals surface area contributed by atoms with Gasteiger partial charge in [-0.15, -0.1) is 0 Å². The highest BCUT2D eigenvalue weighted by Crippen LogP contribution is 2.45. The molecular formula is C21H17Cl2F2N5O. The monoisotopic (exact) mass is 463 g/mol. The number of halogens is 4. The Morgan fingerprint density at radius 2 is 1.77 bits per heavy atom. The van der Waals surface area contributed by atoms with E-state index in [1.165, 1.54) is 24.2 Å². The van der Waals surface area contributed by atoms with E-state index in [0.717, 1.165) is 17.0 Å². The zero-order valence-corrected chi connectivity index (χ0v) is 17.8. The van der Waals surface area contributed by atoms with Gasteiger partial charge in [-0.3, -0.25) is 9.80 Å². The highest BCUT2D eigenvalue weighted by atomic mass is 35.5. The van der Waals surface area contributed by atoms with Crippen LogP contribution in [0.2, 0.25) is 10.0 Å². The van der Waals surface area contributed by atoms with Gasteiger partial charge in [0.15, 0.2) is 11.6 Å². The van der Waals surface area contributed by atoms with Crippen LogP contribution in [0.25, 0.3) is 11.1 Å². The van der Waals surface area contributed by atoms with Crippen molar-refractivity contribution in [2.45, 2.75) is 0 Å². The molecule has 2 heterocycles. The quantitative estimate of drug-likeness (QED) is 0.542. The Kier molecular flexibility index (Phi) is 5.70. The number of urea groups is 1. The standard InChI is InChI=1S/C21H17Cl2F2N5O/c1-29-20-15(6-12(23)10-28-20)14-3-2-11(22)7-18(14)30(21(29)31)19-16(24)8-13(9-17(19)25)27-5-4-26/h2-3,6-10,27H,4-5,26H2,1H3. The van der Waals surface area contributed by atoms with Crippen molar-refractivity contribution in [3.8, 4) is 11.1 Å². The molecule has 3 N–H and O–H groups in total. The molecule has 0 saturated carbocycles. The highest BCUT2D eigenvalue weighted by Gasteiger charge is 2.35. The summed E-state index contributed by atoms with van der Waals surface area (Å²) in [6.45, 7) is 0.629. The summed E-state index contributed by atoms with van der Waals surface area (Å²) in [4.78, 5) is 19.8. The molecule has 160 valence electrons. The topological polar surface area (TPSA) is 74.5 Å². The van der Waals surface area contributed by atoms with Crippen LogP contribution in [0.15, 0.2) is 42.6 Å². The molecule has 31 heavy (non-hydrogen) atoms. The van der Waals surface area contributed by atoms with E-state index in [9.17, 15) is 4.79 Å². The van der Waals surface area contributed by atoms with Crippen molar-refractivity contribution in [1.82, 2.24) is 4.98 Å². The Morgan fingerprint density at radius 1 is 1.06 bits per heavy atom. The summed E-state index contributed by atoms with van der Waals surface area (Å²) in [7, 11) is 1.47. The second-order valence-corrected chi connectivity index (χ2v) is 7.74. The zero-order chi connectivity index (χ0) is 22.3. The molecule has 0 unspecified atom stereocenters. The van der Waals surface area contributed by atoms with Crippen molar-refractivity contribution in [3.05, 3.63) is 64.3 Å². The van der Waals surface area contributed by atoms with Crippen LogP contribution >= 0.6 is 23.2 Å². The van der Waals surface area contributed by atoms with Gasteiger partial charge in [0.1, 0.15) is 11.5 Å². The van der Waals surface area contributed by atoms with E-state index in [1.807, 2.05) is 0 Å². The van der Waals surface area contributed by atoms with Crippen molar-refractivity contribution in [2.24, 2.45) is 5.73 Å². The molecular weight excluding hydrogens is 447 g/mol. The smallest absolute Gasteiger partial charge is 0.334 e. The molecule has 4 rings (SSSR count). The fraction of sp³-hybridized carbons (Fsp3) is 0.143. The number of nitrogens with one attached hydrogen (secondary N) is 1. The molecule has 0 atom stereocenters. The Hall–Kier alpha value is -2.94. The van der Waals surface area contributed by atoms with Gasteiger partial charge in [0.25, 0.3) is 0 Å². The van der Waals surface area contributed by atoms with Gasteiger partial charge in [-0.05, 0) is 30.3 Å². The van der Waals surface area contributed by atoms with Crippen molar-refractivity contribution in [3.63, 3.8) is 0 Å². The van der Waals surface area contributed by atoms with Crippen molar-refractivity contribution < 1.29 is 13.6 Å². The third-order valence-electron chi connectivity index (χ3n) is 4.83. The van der Waals surface area contributed by atoms with E-state index in [0.29, 0.717) is 40.1 Å². The summed E-state index contributed by atoms with van der Waals surface area (Å²) in [5.41, 5.74) is 6.34. The molecule has 2 aromatic carbocycles. The van der Waals surface area contributed by atoms with Gasteiger partial charge in [-0.1, -0.05) is 29.3 Å². The first-order valence-electron chi connectivity index (χ1n) is 9.28. The number of carbonyl (C=O) groups excluding carboxylic acids is 1. The molecule has 6 nitrogen and oxygen atoms in total. The lowest BCUT2D eigenvalue weighted by Crippen LogP contribution is -2.39. The number of amides is 2. The zero-order valence-electron chi connectivity index (χ0n) is 16.3. The van der Waals surface area contributed by atoms with Gasteiger partial charge in [-0.2, -0.15) is 0 Å². The number of hydrogen-bond acceptors (Lipinski definition) is 4. The van der Waals surface area contributed by atoms with Crippen LogP contribution in [0.1, 0.15) is 0 Å². The van der Waals surface area contributed by atoms with Crippen LogP contribution in [-0.2, 0) is 0 Å². The number of rotatable bonds is 4. The first kappa shape index (κ1) is 21.3. The minimum Gasteiger partial charge on any atom is -0.384 e. The molecule has 3 aromatic rings. The normalized spacial score (nSPS) is 13.0. The summed E-state index contributed by atoms with van der Waals surface area (Å²) in [5.74, 6) is -1.56. The second-order valence-electron chi connectivity index (χ2n) is 6.87. The molecule has 0 aliphatic carbocycles. The number of anilines is 4. The number of pyridine rings is 1. The van der Waals surface area contributed by atoms with E-state index >= 15 is 8.78 Å². The average molecular weight is 464 g/mol. The number of hydrogen-bond donors (Lipinski definition) is 2. The summed E-state index contributed by atoms with van der Waals surface area (Å²) in [6, 6.07) is 7.89. The minimum atomic E-state index is -0.927. The van der Waals surface area contributed by atoms with Gasteiger partial charge in [-0.25, -0.2) is 18.6 Å². The van der Waals surface area contributed by atoms with Gasteiger partial charge in [0.2, 0.25) is 0 Å². The number of nitrogens with zero attached hydrogens (tertiary/aromatic N) is 3. The summed E-state index contributed by atoms with van der Waals surface area (Å²) in [5, 5.41) is 3.46. The third kappa shape index (κ3) is 3.78. The Balaban J connectivity index is 1.97. The van der Waals surface area contributed by atoms with Crippen LogP contribution in [0, 0.1) is 11.6 Å². The number of carbonyl (C=O) groups is 1. The van der Waals surface area contributed by atoms with Crippen molar-refractivity contribution in [2.75, 3.05) is 35.3 Å². The van der Waals surface area contributed by atoms with Crippen LogP contribution < -0.4 is 20.9 Å². The minimum absolute atomic E-state index is 0.202. The van der Waals surface area contributed by atoms with Gasteiger partial charge >= 0.3 is 6.03 Å². The summed E-state index contributed by atoms with van der Waals surface area (Å²) < 4.78 is 30.3. The highest BCUT2D eigenvalue weighted by molar-refractivity contribution is 6.32. The SMILES string of the molecule is CN1C(=O)N(c2c(F)cc(NCCN)cc2F)c2cc(Cl)ccc2-c2cc(Cl)cnc21. The maximum atomic E-state index is 15.1. The first-order valence-corrected chi connectivity index (χ1v) is 10.0. The first-order chi connectivity index (χ1) is 14.8. The van der Waals surface area contributed by atoms with E-state index in [4.69, 9.17) is 28.9 Å². The predicted octanol–water partition coefficient (Wildman–Crippen LogP) is 5.41. The average Bonchev–Trinajstić information content (AvgIpc) is 2.81. The maximum absolute atomic E-state index is 15.1. The molecule has 0 saturated heterocycles. The van der Waals surface area contributed by atoms with Crippen LogP contribution in [0.5, 0.6) is 0 Å². The van der Waals surface area contributed by atoms with E-state index in [1.54, 1.807) is 18.2 Å². The molecule has 0 fully saturated rings. The van der Waals surface area contributed by atoms with E-state index < -0.39 is 23.4 Å². The summed E-state index contributed by atoms with van der Waals surface area (Å²) >= 11 is 12.3. The lowest BCUT2D eigenvalue weighted by atomic mass is 10.0. The molecule has 1 aromatic heterocycles. The fourth-order valence-electron chi connectivity index (χ4n) is 3.47. The lowest BCUT2D eigenvalue weighted by molar-refractivity contribution is 0.254. The van der Waals surface area contributed by atoms with Gasteiger partial charge in [0, 0.05) is 48.2 Å². The van der Waals surface area contributed by atoms with E-state index in [2.05, 4.69) is 10.3 Å². The molecule has 1 aliphatic heterocycles. The molecule has 10 heteroatoms. The molecule has 1 aliphatic rings. The van der Waals surface area contributed by atoms with Crippen molar-refractivity contribution >= 4 is 52.1 Å². The Labute approximate surface area is 187 Å². The third-order valence-corrected chi connectivity index (χ3v) is 5.28. The van der Waals surface area contributed by atoms with Crippen LogP contribution in [0.4, 0.5) is 36.5 Å². The van der Waals surface area contributed by atoms with E-state index in [-0.39, 0.29) is 11.4 Å². The number of fused-ring (bicyclic) bond motifs is 3. The summed E-state index contributed by atoms with van der Waals surface area (Å²) in [6.07, 6.45) is 1.40. The lowest BCUT2D eigenvalue weighted by Gasteiger charge is -2.27. The molecule has 0 spiro atoms. The fourth-order valence-corrected chi connectivity index (χ4v) is 3.80. The van der Waals surface area contributed by atoms with Gasteiger partial charge < -0.3 is 11.1 Å². The Morgan fingerprint density at radius 3 is 2.45 bits per heavy atom. The largest absolute Gasteiger partial charge is 0.384 e. The number of nitrogens with two attached hydrogens (primary N) is 1. The maximum Gasteiger partial charge on any atom is 0.334 e. The predicted molar refractivity (Wildman–Crippen MR) is 120 cm³/mol. The van der Waals surface area contributed by atoms with Gasteiger partial charge in [0.05, 0.1) is 10.7 Å². The molecule has 0 radical (unpaired) electrons. The van der Waals surface area contributed by atoms with Crippen molar-refractivity contribution in [1.29, 1.82) is 0 Å². The number of benzene rings is 2. The van der Waals surface area contributed by atoms with Crippen LogP contribution in [-0.4, -0.2) is 31.2 Å². The van der Waals surface area contributed by atoms with Crippen LogP contribution in [0.3, 0.4) is 0 Å². The molecule has 2 amide bonds.